The zero-order valence-corrected chi connectivity index (χ0v) is 18.9. The first-order valence-corrected chi connectivity index (χ1v) is 11.2. The van der Waals surface area contributed by atoms with Crippen LogP contribution < -0.4 is 14.8 Å². The summed E-state index contributed by atoms with van der Waals surface area (Å²) in [6.07, 6.45) is 2.67. The van der Waals surface area contributed by atoms with Crippen molar-refractivity contribution in [3.05, 3.63) is 46.3 Å². The van der Waals surface area contributed by atoms with Gasteiger partial charge in [0.1, 0.15) is 17.2 Å². The lowest BCUT2D eigenvalue weighted by Gasteiger charge is -2.15. The zero-order valence-electron chi connectivity index (χ0n) is 18.1. The van der Waals surface area contributed by atoms with Crippen molar-refractivity contribution in [1.82, 2.24) is 4.90 Å². The number of hydrogen-bond acceptors (Lipinski definition) is 7. The number of carbonyl (C=O) groups excluding carboxylic acids is 2. The lowest BCUT2D eigenvalue weighted by atomic mass is 10.2. The monoisotopic (exact) mass is 444 g/mol. The van der Waals surface area contributed by atoms with Crippen molar-refractivity contribution in [3.8, 4) is 11.5 Å². The van der Waals surface area contributed by atoms with Gasteiger partial charge in [-0.05, 0) is 24.3 Å². The molecule has 0 unspecified atom stereocenters. The van der Waals surface area contributed by atoms with Gasteiger partial charge in [-0.25, -0.2) is 0 Å². The normalized spacial score (nSPS) is 13.8. The van der Waals surface area contributed by atoms with Crippen molar-refractivity contribution in [1.29, 1.82) is 0 Å². The summed E-state index contributed by atoms with van der Waals surface area (Å²) in [6, 6.07) is 8.96. The summed E-state index contributed by atoms with van der Waals surface area (Å²) in [5, 5.41) is 5.03. The molecule has 2 heterocycles. The van der Waals surface area contributed by atoms with E-state index in [0.29, 0.717) is 48.9 Å². The van der Waals surface area contributed by atoms with Crippen LogP contribution in [0.5, 0.6) is 11.5 Å². The van der Waals surface area contributed by atoms with E-state index in [0.717, 1.165) is 17.7 Å². The fourth-order valence-electron chi connectivity index (χ4n) is 3.24. The third-order valence-corrected chi connectivity index (χ3v) is 5.76. The smallest absolute Gasteiger partial charge is 0.278 e. The van der Waals surface area contributed by atoms with Crippen molar-refractivity contribution in [2.24, 2.45) is 0 Å². The van der Waals surface area contributed by atoms with Gasteiger partial charge in [-0.2, -0.15) is 0 Å². The number of ether oxygens (including phenoxy) is 3. The van der Waals surface area contributed by atoms with E-state index in [9.17, 15) is 9.59 Å². The maximum absolute atomic E-state index is 13.2. The molecule has 2 amide bonds. The van der Waals surface area contributed by atoms with E-state index < -0.39 is 0 Å². The Morgan fingerprint density at radius 2 is 1.71 bits per heavy atom. The van der Waals surface area contributed by atoms with E-state index in [1.54, 1.807) is 32.4 Å². The maximum atomic E-state index is 13.2. The van der Waals surface area contributed by atoms with Crippen LogP contribution in [-0.2, 0) is 14.3 Å². The van der Waals surface area contributed by atoms with Crippen molar-refractivity contribution in [3.63, 3.8) is 0 Å². The molecular formula is C23H28N2O5S. The summed E-state index contributed by atoms with van der Waals surface area (Å²) in [6.45, 7) is 3.63. The van der Waals surface area contributed by atoms with Crippen molar-refractivity contribution in [2.45, 2.75) is 26.2 Å². The molecule has 0 fully saturated rings. The van der Waals surface area contributed by atoms with Crippen LogP contribution in [0, 0.1) is 0 Å². The quantitative estimate of drug-likeness (QED) is 0.391. The van der Waals surface area contributed by atoms with Crippen LogP contribution in [0.2, 0.25) is 0 Å². The lowest BCUT2D eigenvalue weighted by molar-refractivity contribution is -0.137. The van der Waals surface area contributed by atoms with E-state index in [2.05, 4.69) is 12.2 Å². The molecule has 31 heavy (non-hydrogen) atoms. The third-order valence-electron chi connectivity index (χ3n) is 4.87. The topological polar surface area (TPSA) is 77.1 Å². The maximum Gasteiger partial charge on any atom is 0.278 e. The van der Waals surface area contributed by atoms with E-state index in [1.807, 2.05) is 17.5 Å². The molecule has 0 radical (unpaired) electrons. The number of thiophene rings is 1. The van der Waals surface area contributed by atoms with Gasteiger partial charge in [0.25, 0.3) is 11.8 Å². The number of amides is 2. The fourth-order valence-corrected chi connectivity index (χ4v) is 4.01. The Kier molecular flexibility index (Phi) is 8.08. The van der Waals surface area contributed by atoms with Gasteiger partial charge < -0.3 is 19.5 Å². The SMILES string of the molecule is CCCCOCCCN1C(=O)C(Nc2cc(OC)cc(OC)c2)=C(c2cccs2)C1=O. The lowest BCUT2D eigenvalue weighted by Crippen LogP contribution is -2.34. The Bertz CT molecular complexity index is 917. The highest BCUT2D eigenvalue weighted by atomic mass is 32.1. The largest absolute Gasteiger partial charge is 0.497 e. The Morgan fingerprint density at radius 1 is 1.00 bits per heavy atom. The van der Waals surface area contributed by atoms with Gasteiger partial charge in [-0.3, -0.25) is 14.5 Å². The van der Waals surface area contributed by atoms with E-state index >= 15 is 0 Å². The second-order valence-electron chi connectivity index (χ2n) is 7.04. The van der Waals surface area contributed by atoms with Gasteiger partial charge >= 0.3 is 0 Å². The predicted octanol–water partition coefficient (Wildman–Crippen LogP) is 4.16. The molecule has 166 valence electrons. The third kappa shape index (κ3) is 5.45. The summed E-state index contributed by atoms with van der Waals surface area (Å²) in [5.74, 6) is 0.526. The number of anilines is 1. The Labute approximate surface area is 186 Å². The van der Waals surface area contributed by atoms with E-state index in [4.69, 9.17) is 14.2 Å². The number of methoxy groups -OCH3 is 2. The van der Waals surface area contributed by atoms with Crippen LogP contribution in [-0.4, -0.2) is 50.7 Å². The molecule has 0 saturated carbocycles. The van der Waals surface area contributed by atoms with Gasteiger partial charge in [0, 0.05) is 48.5 Å². The zero-order chi connectivity index (χ0) is 22.2. The number of nitrogens with one attached hydrogen (secondary N) is 1. The average Bonchev–Trinajstić information content (AvgIpc) is 3.38. The van der Waals surface area contributed by atoms with Crippen LogP contribution in [0.25, 0.3) is 5.57 Å². The molecule has 0 aliphatic carbocycles. The van der Waals surface area contributed by atoms with Gasteiger partial charge in [-0.15, -0.1) is 11.3 Å². The molecule has 3 rings (SSSR count). The van der Waals surface area contributed by atoms with E-state index in [-0.39, 0.29) is 17.5 Å². The van der Waals surface area contributed by atoms with Crippen molar-refractivity contribution >= 4 is 34.4 Å². The highest BCUT2D eigenvalue weighted by Gasteiger charge is 2.39. The minimum atomic E-state index is -0.344. The molecule has 1 N–H and O–H groups in total. The minimum absolute atomic E-state index is 0.259. The number of unbranched alkanes of at least 4 members (excludes halogenated alkanes) is 1. The van der Waals surface area contributed by atoms with Crippen molar-refractivity contribution < 1.29 is 23.8 Å². The predicted molar refractivity (Wildman–Crippen MR) is 121 cm³/mol. The van der Waals surface area contributed by atoms with Crippen LogP contribution in [0.15, 0.2) is 41.4 Å². The first-order chi connectivity index (χ1) is 15.1. The Morgan fingerprint density at radius 3 is 2.32 bits per heavy atom. The Balaban J connectivity index is 1.82. The first kappa shape index (κ1) is 22.8. The fraction of sp³-hybridized carbons (Fsp3) is 0.391. The number of nitrogens with zero attached hydrogens (tertiary/aromatic N) is 1. The summed E-state index contributed by atoms with van der Waals surface area (Å²) in [7, 11) is 3.12. The van der Waals surface area contributed by atoms with Gasteiger partial charge in [0.15, 0.2) is 0 Å². The molecule has 0 saturated heterocycles. The van der Waals surface area contributed by atoms with Gasteiger partial charge in [0.05, 0.1) is 19.8 Å². The molecule has 1 aromatic heterocycles. The molecule has 0 atom stereocenters. The van der Waals surface area contributed by atoms with Crippen LogP contribution in [0.3, 0.4) is 0 Å². The standard InChI is InChI=1S/C23H28N2O5S/c1-4-5-10-30-11-7-9-25-22(26)20(19-8-6-12-31-19)21(23(25)27)24-16-13-17(28-2)15-18(14-16)29-3/h6,8,12-15,24H,4-5,7,9-11H2,1-3H3. The molecule has 1 aromatic carbocycles. The number of carbonyl (C=O) groups is 2. The summed E-state index contributed by atoms with van der Waals surface area (Å²) < 4.78 is 16.2. The summed E-state index contributed by atoms with van der Waals surface area (Å²) >= 11 is 1.42. The average molecular weight is 445 g/mol. The highest BCUT2D eigenvalue weighted by Crippen LogP contribution is 2.34. The second kappa shape index (κ2) is 11.0. The van der Waals surface area contributed by atoms with Gasteiger partial charge in [0.2, 0.25) is 0 Å². The van der Waals surface area contributed by atoms with Gasteiger partial charge in [-0.1, -0.05) is 19.4 Å². The molecule has 8 heteroatoms. The number of rotatable bonds is 12. The number of imide groups is 1. The molecule has 0 spiro atoms. The van der Waals surface area contributed by atoms with Crippen LogP contribution in [0.4, 0.5) is 5.69 Å². The minimum Gasteiger partial charge on any atom is -0.497 e. The summed E-state index contributed by atoms with van der Waals surface area (Å²) in [4.78, 5) is 28.4. The molecule has 1 aliphatic heterocycles. The highest BCUT2D eigenvalue weighted by molar-refractivity contribution is 7.11. The molecule has 2 aromatic rings. The van der Waals surface area contributed by atoms with Crippen LogP contribution >= 0.6 is 11.3 Å². The second-order valence-corrected chi connectivity index (χ2v) is 7.98. The summed E-state index contributed by atoms with van der Waals surface area (Å²) in [5.41, 5.74) is 1.24. The number of benzene rings is 1. The Hall–Kier alpha value is -2.84. The molecule has 1 aliphatic rings. The van der Waals surface area contributed by atoms with Crippen LogP contribution in [0.1, 0.15) is 31.1 Å². The first-order valence-electron chi connectivity index (χ1n) is 10.3. The molecule has 7 nitrogen and oxygen atoms in total. The molecular weight excluding hydrogens is 416 g/mol. The van der Waals surface area contributed by atoms with Crippen molar-refractivity contribution in [2.75, 3.05) is 39.3 Å². The van der Waals surface area contributed by atoms with E-state index in [1.165, 1.54) is 16.2 Å². The number of hydrogen-bond donors (Lipinski definition) is 1. The molecule has 0 bridgehead atoms.